The largest absolute Gasteiger partial charge is 0.468 e. The average molecular weight is 394 g/mol. The van der Waals surface area contributed by atoms with Crippen LogP contribution in [0.5, 0.6) is 0 Å². The van der Waals surface area contributed by atoms with Crippen molar-refractivity contribution in [3.63, 3.8) is 0 Å². The van der Waals surface area contributed by atoms with Gasteiger partial charge in [0.1, 0.15) is 17.1 Å². The maximum absolute atomic E-state index is 12.7. The van der Waals surface area contributed by atoms with Crippen molar-refractivity contribution in [2.75, 3.05) is 6.54 Å². The molecule has 0 saturated carbocycles. The number of thiophene rings is 1. The first kappa shape index (κ1) is 18.5. The molecule has 0 fully saturated rings. The van der Waals surface area contributed by atoms with Gasteiger partial charge in [0.2, 0.25) is 5.91 Å². The highest BCUT2D eigenvalue weighted by atomic mass is 32.1. The lowest BCUT2D eigenvalue weighted by Gasteiger charge is -2.21. The number of rotatable bonds is 8. The predicted molar refractivity (Wildman–Crippen MR) is 110 cm³/mol. The highest BCUT2D eigenvalue weighted by molar-refractivity contribution is 7.09. The Bertz CT molecular complexity index is 952. The zero-order chi connectivity index (χ0) is 19.3. The Labute approximate surface area is 167 Å². The minimum absolute atomic E-state index is 0.0453. The van der Waals surface area contributed by atoms with Gasteiger partial charge in [-0.25, -0.2) is 0 Å². The van der Waals surface area contributed by atoms with Crippen molar-refractivity contribution in [2.45, 2.75) is 26.1 Å². The molecule has 28 heavy (non-hydrogen) atoms. The Morgan fingerprint density at radius 3 is 2.79 bits per heavy atom. The molecule has 5 nitrogen and oxygen atoms in total. The first-order valence-corrected chi connectivity index (χ1v) is 10.1. The monoisotopic (exact) mass is 394 g/mol. The van der Waals surface area contributed by atoms with Crippen LogP contribution >= 0.6 is 11.3 Å². The lowest BCUT2D eigenvalue weighted by atomic mass is 10.2. The Kier molecular flexibility index (Phi) is 5.60. The molecule has 4 rings (SSSR count). The van der Waals surface area contributed by atoms with Crippen LogP contribution in [0.4, 0.5) is 0 Å². The van der Waals surface area contributed by atoms with E-state index in [2.05, 4.69) is 16.3 Å². The zero-order valence-corrected chi connectivity index (χ0v) is 16.4. The number of carbonyl (C=O) groups excluding carboxylic acids is 1. The SMILES string of the molecule is CC(NC(=O)CN(Cc1ccco1)Cc1cccs1)c1cc2ccccc2o1. The van der Waals surface area contributed by atoms with Crippen LogP contribution in [0.2, 0.25) is 0 Å². The van der Waals surface area contributed by atoms with E-state index in [1.165, 1.54) is 4.88 Å². The molecule has 6 heteroatoms. The van der Waals surface area contributed by atoms with Gasteiger partial charge in [0.25, 0.3) is 0 Å². The van der Waals surface area contributed by atoms with Gasteiger partial charge in [0.05, 0.1) is 25.4 Å². The summed E-state index contributed by atoms with van der Waals surface area (Å²) in [4.78, 5) is 16.0. The van der Waals surface area contributed by atoms with Gasteiger partial charge in [-0.05, 0) is 42.6 Å². The molecule has 0 bridgehead atoms. The van der Waals surface area contributed by atoms with Crippen LogP contribution in [-0.2, 0) is 17.9 Å². The van der Waals surface area contributed by atoms with E-state index in [9.17, 15) is 4.79 Å². The summed E-state index contributed by atoms with van der Waals surface area (Å²) in [5.41, 5.74) is 0.829. The maximum atomic E-state index is 12.7. The van der Waals surface area contributed by atoms with Gasteiger partial charge in [-0.2, -0.15) is 0 Å². The summed E-state index contributed by atoms with van der Waals surface area (Å²) in [6.07, 6.45) is 1.66. The topological polar surface area (TPSA) is 58.6 Å². The van der Waals surface area contributed by atoms with Crippen LogP contribution in [0.1, 0.15) is 29.4 Å². The van der Waals surface area contributed by atoms with Crippen LogP contribution in [-0.4, -0.2) is 17.4 Å². The van der Waals surface area contributed by atoms with Gasteiger partial charge in [-0.15, -0.1) is 11.3 Å². The molecule has 4 aromatic rings. The summed E-state index contributed by atoms with van der Waals surface area (Å²) in [6.45, 7) is 3.50. The van der Waals surface area contributed by atoms with Gasteiger partial charge in [0.15, 0.2) is 0 Å². The quantitative estimate of drug-likeness (QED) is 0.459. The smallest absolute Gasteiger partial charge is 0.234 e. The first-order valence-electron chi connectivity index (χ1n) is 9.22. The number of nitrogens with one attached hydrogen (secondary N) is 1. The summed E-state index contributed by atoms with van der Waals surface area (Å²) in [5.74, 6) is 1.55. The maximum Gasteiger partial charge on any atom is 0.234 e. The number of hydrogen-bond acceptors (Lipinski definition) is 5. The molecule has 0 aliphatic rings. The molecule has 0 spiro atoms. The summed E-state index contributed by atoms with van der Waals surface area (Å²) in [6, 6.07) is 17.5. The lowest BCUT2D eigenvalue weighted by molar-refractivity contribution is -0.123. The van der Waals surface area contributed by atoms with Crippen molar-refractivity contribution < 1.29 is 13.6 Å². The molecular weight excluding hydrogens is 372 g/mol. The third kappa shape index (κ3) is 4.52. The molecule has 1 aromatic carbocycles. The van der Waals surface area contributed by atoms with Crippen molar-refractivity contribution in [3.05, 3.63) is 82.6 Å². The fourth-order valence-corrected chi connectivity index (χ4v) is 3.94. The van der Waals surface area contributed by atoms with Gasteiger partial charge in [0, 0.05) is 16.8 Å². The minimum atomic E-state index is -0.202. The molecule has 144 valence electrons. The normalized spacial score (nSPS) is 12.5. The van der Waals surface area contributed by atoms with Crippen LogP contribution in [0.15, 0.2) is 75.1 Å². The van der Waals surface area contributed by atoms with E-state index >= 15 is 0 Å². The van der Waals surface area contributed by atoms with Crippen molar-refractivity contribution in [1.82, 2.24) is 10.2 Å². The number of amides is 1. The fourth-order valence-electron chi connectivity index (χ4n) is 3.19. The number of benzene rings is 1. The van der Waals surface area contributed by atoms with E-state index in [0.717, 1.165) is 22.5 Å². The van der Waals surface area contributed by atoms with E-state index < -0.39 is 0 Å². The third-order valence-corrected chi connectivity index (χ3v) is 5.40. The number of hydrogen-bond donors (Lipinski definition) is 1. The van der Waals surface area contributed by atoms with Crippen molar-refractivity contribution >= 4 is 28.2 Å². The molecule has 0 radical (unpaired) electrons. The van der Waals surface area contributed by atoms with Crippen molar-refractivity contribution in [2.24, 2.45) is 0 Å². The van der Waals surface area contributed by atoms with Crippen molar-refractivity contribution in [3.8, 4) is 0 Å². The van der Waals surface area contributed by atoms with Gasteiger partial charge in [-0.1, -0.05) is 24.3 Å². The lowest BCUT2D eigenvalue weighted by Crippen LogP contribution is -2.37. The summed E-state index contributed by atoms with van der Waals surface area (Å²) in [5, 5.41) is 6.13. The van der Waals surface area contributed by atoms with Gasteiger partial charge >= 0.3 is 0 Å². The fraction of sp³-hybridized carbons (Fsp3) is 0.227. The third-order valence-electron chi connectivity index (χ3n) is 4.54. The first-order chi connectivity index (χ1) is 13.7. The standard InChI is InChI=1S/C22H22N2O3S/c1-16(21-12-17-6-2-3-9-20(17)27-21)23-22(25)15-24(13-18-7-4-10-26-18)14-19-8-5-11-28-19/h2-12,16H,13-15H2,1H3,(H,23,25). The molecule has 3 aromatic heterocycles. The van der Waals surface area contributed by atoms with E-state index in [1.807, 2.05) is 60.8 Å². The molecule has 0 aliphatic heterocycles. The Hall–Kier alpha value is -2.83. The average Bonchev–Trinajstić information content (AvgIpc) is 3.43. The molecule has 1 atom stereocenters. The summed E-state index contributed by atoms with van der Waals surface area (Å²) >= 11 is 1.69. The second-order valence-corrected chi connectivity index (χ2v) is 7.81. The molecular formula is C22H22N2O3S. The Morgan fingerprint density at radius 1 is 1.14 bits per heavy atom. The van der Waals surface area contributed by atoms with Crippen LogP contribution in [0.25, 0.3) is 11.0 Å². The Morgan fingerprint density at radius 2 is 2.04 bits per heavy atom. The molecule has 3 heterocycles. The molecule has 0 aliphatic carbocycles. The Balaban J connectivity index is 1.41. The van der Waals surface area contributed by atoms with Crippen LogP contribution < -0.4 is 5.32 Å². The second-order valence-electron chi connectivity index (χ2n) is 6.78. The second kappa shape index (κ2) is 8.46. The number of fused-ring (bicyclic) bond motifs is 1. The molecule has 1 N–H and O–H groups in total. The molecule has 0 saturated heterocycles. The highest BCUT2D eigenvalue weighted by Crippen LogP contribution is 2.23. The van der Waals surface area contributed by atoms with E-state index in [0.29, 0.717) is 13.1 Å². The van der Waals surface area contributed by atoms with Crippen LogP contribution in [0, 0.1) is 0 Å². The number of furan rings is 2. The number of para-hydroxylation sites is 1. The van der Waals surface area contributed by atoms with Crippen LogP contribution in [0.3, 0.4) is 0 Å². The minimum Gasteiger partial charge on any atom is -0.468 e. The summed E-state index contributed by atoms with van der Waals surface area (Å²) < 4.78 is 11.3. The molecule has 1 amide bonds. The van der Waals surface area contributed by atoms with E-state index in [4.69, 9.17) is 8.83 Å². The molecule has 1 unspecified atom stereocenters. The highest BCUT2D eigenvalue weighted by Gasteiger charge is 2.18. The summed E-state index contributed by atoms with van der Waals surface area (Å²) in [7, 11) is 0. The van der Waals surface area contributed by atoms with Crippen molar-refractivity contribution in [1.29, 1.82) is 0 Å². The number of carbonyl (C=O) groups is 1. The van der Waals surface area contributed by atoms with E-state index in [1.54, 1.807) is 17.6 Å². The zero-order valence-electron chi connectivity index (χ0n) is 15.6. The number of nitrogens with zero attached hydrogens (tertiary/aromatic N) is 1. The van der Waals surface area contributed by atoms with E-state index in [-0.39, 0.29) is 18.5 Å². The van der Waals surface area contributed by atoms with Gasteiger partial charge in [-0.3, -0.25) is 9.69 Å². The van der Waals surface area contributed by atoms with Gasteiger partial charge < -0.3 is 14.2 Å². The predicted octanol–water partition coefficient (Wildman–Crippen LogP) is 4.97.